The number of benzene rings is 1. The molecule has 1 aromatic heterocycles. The Balaban J connectivity index is 1.80. The molecule has 2 aromatic rings. The molecule has 0 saturated heterocycles. The maximum Gasteiger partial charge on any atom is 0.0607 e. The van der Waals surface area contributed by atoms with E-state index in [9.17, 15) is 5.11 Å². The number of rotatable bonds is 5. The molecule has 1 heterocycles. The van der Waals surface area contributed by atoms with Crippen molar-refractivity contribution in [3.8, 4) is 0 Å². The number of hydrogen-bond acceptors (Lipinski definition) is 1. The molecule has 0 aliphatic heterocycles. The molecule has 0 spiro atoms. The van der Waals surface area contributed by atoms with Crippen LogP contribution < -0.4 is 0 Å². The molecule has 2 nitrogen and oxygen atoms in total. The molecule has 2 aliphatic carbocycles. The summed E-state index contributed by atoms with van der Waals surface area (Å²) in [7, 11) is 0. The summed E-state index contributed by atoms with van der Waals surface area (Å²) in [5.41, 5.74) is 5.33. The molecule has 2 N–H and O–H groups in total. The zero-order chi connectivity index (χ0) is 21.5. The summed E-state index contributed by atoms with van der Waals surface area (Å²) in [6.07, 6.45) is 11.7. The number of aromatic amines is 1. The number of hydrogen-bond donors (Lipinski definition) is 2. The third kappa shape index (κ3) is 3.28. The average molecular weight is 406 g/mol. The maximum absolute atomic E-state index is 11.7. The van der Waals surface area contributed by atoms with Crippen LogP contribution in [0.2, 0.25) is 0 Å². The topological polar surface area (TPSA) is 36.0 Å². The molecule has 0 bridgehead atoms. The van der Waals surface area contributed by atoms with Crippen molar-refractivity contribution in [1.29, 1.82) is 0 Å². The maximum atomic E-state index is 11.7. The summed E-state index contributed by atoms with van der Waals surface area (Å²) in [6, 6.07) is 8.59. The summed E-state index contributed by atoms with van der Waals surface area (Å²) < 4.78 is 0. The number of aliphatic hydroxyl groups is 1. The monoisotopic (exact) mass is 405 g/mol. The number of aliphatic hydroxyl groups excluding tert-OH is 1. The van der Waals surface area contributed by atoms with Gasteiger partial charge in [0.05, 0.1) is 6.10 Å². The summed E-state index contributed by atoms with van der Waals surface area (Å²) in [6.45, 7) is 13.9. The van der Waals surface area contributed by atoms with Crippen LogP contribution in [-0.2, 0) is 6.42 Å². The van der Waals surface area contributed by atoms with Gasteiger partial charge in [-0.1, -0.05) is 55.8 Å². The first-order valence-corrected chi connectivity index (χ1v) is 11.8. The lowest BCUT2D eigenvalue weighted by Gasteiger charge is -2.64. The lowest BCUT2D eigenvalue weighted by atomic mass is 9.40. The predicted molar refractivity (Wildman–Crippen MR) is 127 cm³/mol. The van der Waals surface area contributed by atoms with Gasteiger partial charge in [0, 0.05) is 22.5 Å². The van der Waals surface area contributed by atoms with Crippen molar-refractivity contribution in [2.75, 3.05) is 0 Å². The first kappa shape index (κ1) is 21.4. The SMILES string of the molecule is C=C1CCC2(C)C(C)CCC(O)C2(CCC=C(C)C)[C@H]1Cc1c[nH]c2ccccc12. The Bertz CT molecular complexity index is 948. The molecular weight excluding hydrogens is 366 g/mol. The van der Waals surface area contributed by atoms with Crippen molar-refractivity contribution >= 4 is 10.9 Å². The van der Waals surface area contributed by atoms with Gasteiger partial charge >= 0.3 is 0 Å². The van der Waals surface area contributed by atoms with Crippen LogP contribution in [-0.4, -0.2) is 16.2 Å². The first-order chi connectivity index (χ1) is 14.3. The summed E-state index contributed by atoms with van der Waals surface area (Å²) in [5, 5.41) is 13.0. The molecule has 0 amide bonds. The van der Waals surface area contributed by atoms with Crippen LogP contribution in [0, 0.1) is 22.7 Å². The van der Waals surface area contributed by atoms with Gasteiger partial charge in [0.25, 0.3) is 0 Å². The van der Waals surface area contributed by atoms with Crippen LogP contribution in [0.4, 0.5) is 0 Å². The number of para-hydroxylation sites is 1. The lowest BCUT2D eigenvalue weighted by Crippen LogP contribution is -2.61. The Morgan fingerprint density at radius 2 is 2.03 bits per heavy atom. The van der Waals surface area contributed by atoms with Gasteiger partial charge in [-0.3, -0.25) is 0 Å². The summed E-state index contributed by atoms with van der Waals surface area (Å²) in [4.78, 5) is 3.46. The zero-order valence-electron chi connectivity index (χ0n) is 19.3. The van der Waals surface area contributed by atoms with Gasteiger partial charge in [0.2, 0.25) is 0 Å². The van der Waals surface area contributed by atoms with E-state index in [2.05, 4.69) is 75.8 Å². The van der Waals surface area contributed by atoms with Crippen molar-refractivity contribution in [3.63, 3.8) is 0 Å². The average Bonchev–Trinajstić information content (AvgIpc) is 3.12. The van der Waals surface area contributed by atoms with E-state index in [4.69, 9.17) is 0 Å². The van der Waals surface area contributed by atoms with Crippen molar-refractivity contribution in [1.82, 2.24) is 4.98 Å². The van der Waals surface area contributed by atoms with E-state index >= 15 is 0 Å². The fourth-order valence-electron chi connectivity index (χ4n) is 6.96. The van der Waals surface area contributed by atoms with Gasteiger partial charge < -0.3 is 10.1 Å². The van der Waals surface area contributed by atoms with E-state index in [1.165, 1.54) is 27.6 Å². The van der Waals surface area contributed by atoms with Crippen molar-refractivity contribution in [2.24, 2.45) is 22.7 Å². The fourth-order valence-corrected chi connectivity index (χ4v) is 6.96. The molecule has 4 unspecified atom stereocenters. The minimum Gasteiger partial charge on any atom is -0.393 e. The largest absolute Gasteiger partial charge is 0.393 e. The van der Waals surface area contributed by atoms with Crippen molar-refractivity contribution < 1.29 is 5.11 Å². The molecule has 0 radical (unpaired) electrons. The number of nitrogens with one attached hydrogen (secondary N) is 1. The second-order valence-electron chi connectivity index (χ2n) is 10.5. The van der Waals surface area contributed by atoms with Gasteiger partial charge in [-0.2, -0.15) is 0 Å². The van der Waals surface area contributed by atoms with Gasteiger partial charge in [-0.05, 0) is 87.7 Å². The number of fused-ring (bicyclic) bond motifs is 2. The van der Waals surface area contributed by atoms with E-state index in [1.807, 2.05) is 0 Å². The first-order valence-electron chi connectivity index (χ1n) is 11.8. The zero-order valence-corrected chi connectivity index (χ0v) is 19.3. The van der Waals surface area contributed by atoms with E-state index in [-0.39, 0.29) is 16.9 Å². The van der Waals surface area contributed by atoms with Crippen molar-refractivity contribution in [2.45, 2.75) is 78.7 Å². The Labute approximate surface area is 182 Å². The van der Waals surface area contributed by atoms with E-state index in [1.54, 1.807) is 0 Å². The van der Waals surface area contributed by atoms with E-state index in [0.29, 0.717) is 11.8 Å². The summed E-state index contributed by atoms with van der Waals surface area (Å²) >= 11 is 0. The fraction of sp³-hybridized carbons (Fsp3) is 0.571. The number of H-pyrrole nitrogens is 1. The van der Waals surface area contributed by atoms with Gasteiger partial charge in [-0.25, -0.2) is 0 Å². The van der Waals surface area contributed by atoms with Crippen LogP contribution in [0.25, 0.3) is 10.9 Å². The highest BCUT2D eigenvalue weighted by atomic mass is 16.3. The minimum atomic E-state index is -0.253. The minimum absolute atomic E-state index is 0.107. The van der Waals surface area contributed by atoms with Crippen LogP contribution in [0.5, 0.6) is 0 Å². The third-order valence-electron chi connectivity index (χ3n) is 8.91. The second-order valence-corrected chi connectivity index (χ2v) is 10.5. The van der Waals surface area contributed by atoms with E-state index < -0.39 is 0 Å². The molecule has 4 rings (SSSR count). The van der Waals surface area contributed by atoms with Crippen LogP contribution in [0.15, 0.2) is 54.3 Å². The highest BCUT2D eigenvalue weighted by molar-refractivity contribution is 5.83. The van der Waals surface area contributed by atoms with Crippen molar-refractivity contribution in [3.05, 3.63) is 59.8 Å². The highest BCUT2D eigenvalue weighted by Crippen LogP contribution is 2.66. The molecule has 30 heavy (non-hydrogen) atoms. The molecule has 2 saturated carbocycles. The Kier molecular flexibility index (Phi) is 5.74. The normalized spacial score (nSPS) is 34.0. The van der Waals surface area contributed by atoms with Crippen LogP contribution in [0.3, 0.4) is 0 Å². The molecule has 2 heteroatoms. The van der Waals surface area contributed by atoms with Gasteiger partial charge in [0.15, 0.2) is 0 Å². The number of aromatic nitrogens is 1. The Morgan fingerprint density at radius 3 is 2.80 bits per heavy atom. The third-order valence-corrected chi connectivity index (χ3v) is 8.91. The standard InChI is InChI=1S/C28H39NO/c1-19(2)9-8-15-28-24(17-22-18-29-25-11-7-6-10-23(22)25)20(3)14-16-27(28,5)21(4)12-13-26(28)30/h6-7,9-11,18,21,24,26,29-30H,3,8,12-17H2,1-2,4-5H3/t21?,24-,26?,27?,28?/m0/s1. The van der Waals surface area contributed by atoms with Crippen LogP contribution in [0.1, 0.15) is 71.8 Å². The molecular formula is C28H39NO. The van der Waals surface area contributed by atoms with Gasteiger partial charge in [-0.15, -0.1) is 0 Å². The molecule has 162 valence electrons. The summed E-state index contributed by atoms with van der Waals surface area (Å²) in [5.74, 6) is 0.949. The number of allylic oxidation sites excluding steroid dienone is 3. The Morgan fingerprint density at radius 1 is 1.27 bits per heavy atom. The molecule has 2 fully saturated rings. The molecule has 1 aromatic carbocycles. The lowest BCUT2D eigenvalue weighted by molar-refractivity contribution is -0.179. The smallest absolute Gasteiger partial charge is 0.0607 e. The molecule has 5 atom stereocenters. The Hall–Kier alpha value is -1.80. The highest BCUT2D eigenvalue weighted by Gasteiger charge is 2.62. The second kappa shape index (κ2) is 8.04. The van der Waals surface area contributed by atoms with Gasteiger partial charge in [0.1, 0.15) is 0 Å². The van der Waals surface area contributed by atoms with Crippen LogP contribution >= 0.6 is 0 Å². The van der Waals surface area contributed by atoms with E-state index in [0.717, 1.165) is 44.9 Å². The quantitative estimate of drug-likeness (QED) is 0.507. The molecule has 2 aliphatic rings. The predicted octanol–water partition coefficient (Wildman–Crippen LogP) is 7.21.